The highest BCUT2D eigenvalue weighted by Crippen LogP contribution is 2.12. The zero-order chi connectivity index (χ0) is 13.0. The van der Waals surface area contributed by atoms with E-state index in [2.05, 4.69) is 19.1 Å². The van der Waals surface area contributed by atoms with Crippen LogP contribution in [0.5, 0.6) is 0 Å². The van der Waals surface area contributed by atoms with Gasteiger partial charge in [0.25, 0.3) is 0 Å². The van der Waals surface area contributed by atoms with Gasteiger partial charge in [-0.3, -0.25) is 4.79 Å². The Morgan fingerprint density at radius 2 is 1.72 bits per heavy atom. The van der Waals surface area contributed by atoms with Crippen molar-refractivity contribution in [1.29, 1.82) is 0 Å². The van der Waals surface area contributed by atoms with Crippen LogP contribution in [0.1, 0.15) is 28.4 Å². The molecule has 18 heavy (non-hydrogen) atoms. The second kappa shape index (κ2) is 5.50. The summed E-state index contributed by atoms with van der Waals surface area (Å²) in [4.78, 5) is 12.1. The summed E-state index contributed by atoms with van der Waals surface area (Å²) in [5, 5.41) is 0. The fourth-order valence-corrected chi connectivity index (χ4v) is 1.89. The second-order valence-corrected chi connectivity index (χ2v) is 4.40. The number of hydrogen-bond acceptors (Lipinski definition) is 2. The molecular formula is C16H17NO. The number of aryl methyl sites for hydroxylation is 1. The van der Waals surface area contributed by atoms with Crippen molar-refractivity contribution in [3.63, 3.8) is 0 Å². The Bertz CT molecular complexity index is 543. The fraction of sp³-hybridized carbons (Fsp3) is 0.188. The maximum atomic E-state index is 12.1. The van der Waals surface area contributed by atoms with Crippen LogP contribution in [-0.2, 0) is 12.8 Å². The molecule has 92 valence electrons. The number of rotatable bonds is 4. The molecule has 2 nitrogen and oxygen atoms in total. The van der Waals surface area contributed by atoms with Gasteiger partial charge in [-0.1, -0.05) is 43.3 Å². The minimum absolute atomic E-state index is 0.103. The fourth-order valence-electron chi connectivity index (χ4n) is 1.89. The Hall–Kier alpha value is -2.09. The summed E-state index contributed by atoms with van der Waals surface area (Å²) in [6.07, 6.45) is 1.44. The van der Waals surface area contributed by atoms with E-state index in [0.29, 0.717) is 17.7 Å². The predicted molar refractivity (Wildman–Crippen MR) is 74.7 cm³/mol. The number of carbonyl (C=O) groups is 1. The number of nitrogens with two attached hydrogens (primary N) is 1. The van der Waals surface area contributed by atoms with Gasteiger partial charge in [0.1, 0.15) is 0 Å². The van der Waals surface area contributed by atoms with E-state index < -0.39 is 0 Å². The maximum Gasteiger partial charge on any atom is 0.167 e. The molecule has 0 amide bonds. The SMILES string of the molecule is CCc1ccc(CC(=O)c2cccc(N)c2)cc1. The molecule has 2 rings (SSSR count). The molecule has 0 saturated heterocycles. The Labute approximate surface area is 107 Å². The van der Waals surface area contributed by atoms with Gasteiger partial charge in [-0.15, -0.1) is 0 Å². The van der Waals surface area contributed by atoms with E-state index in [4.69, 9.17) is 5.73 Å². The number of hydrogen-bond donors (Lipinski definition) is 1. The van der Waals surface area contributed by atoms with Crippen LogP contribution in [-0.4, -0.2) is 5.78 Å². The first-order valence-electron chi connectivity index (χ1n) is 6.15. The van der Waals surface area contributed by atoms with Crippen molar-refractivity contribution in [3.8, 4) is 0 Å². The number of carbonyl (C=O) groups excluding carboxylic acids is 1. The molecule has 0 heterocycles. The van der Waals surface area contributed by atoms with Gasteiger partial charge in [0.05, 0.1) is 0 Å². The molecule has 2 aromatic rings. The van der Waals surface area contributed by atoms with Gasteiger partial charge < -0.3 is 5.73 Å². The number of Topliss-reactive ketones (excluding diaryl/α,β-unsaturated/α-hetero) is 1. The van der Waals surface area contributed by atoms with Crippen LogP contribution < -0.4 is 5.73 Å². The van der Waals surface area contributed by atoms with Gasteiger partial charge in [-0.25, -0.2) is 0 Å². The average Bonchev–Trinajstić information content (AvgIpc) is 2.39. The monoisotopic (exact) mass is 239 g/mol. The summed E-state index contributed by atoms with van der Waals surface area (Å²) in [6.45, 7) is 2.12. The van der Waals surface area contributed by atoms with Gasteiger partial charge in [-0.2, -0.15) is 0 Å². The molecule has 0 aliphatic rings. The van der Waals surface area contributed by atoms with Gasteiger partial charge in [0.15, 0.2) is 5.78 Å². The van der Waals surface area contributed by atoms with E-state index in [9.17, 15) is 4.79 Å². The molecule has 0 spiro atoms. The lowest BCUT2D eigenvalue weighted by atomic mass is 10.0. The molecule has 0 bridgehead atoms. The standard InChI is InChI=1S/C16H17NO/c1-2-12-6-8-13(9-7-12)10-16(18)14-4-3-5-15(17)11-14/h3-9,11H,2,10,17H2,1H3. The zero-order valence-corrected chi connectivity index (χ0v) is 10.5. The molecule has 0 aliphatic carbocycles. The Kier molecular flexibility index (Phi) is 3.78. The van der Waals surface area contributed by atoms with Crippen LogP contribution in [0.15, 0.2) is 48.5 Å². The largest absolute Gasteiger partial charge is 0.399 e. The van der Waals surface area contributed by atoms with E-state index >= 15 is 0 Å². The zero-order valence-electron chi connectivity index (χ0n) is 10.5. The summed E-state index contributed by atoms with van der Waals surface area (Å²) < 4.78 is 0. The Morgan fingerprint density at radius 3 is 2.33 bits per heavy atom. The van der Waals surface area contributed by atoms with Crippen LogP contribution in [0.3, 0.4) is 0 Å². The van der Waals surface area contributed by atoms with E-state index in [1.54, 1.807) is 18.2 Å². The first-order valence-corrected chi connectivity index (χ1v) is 6.15. The lowest BCUT2D eigenvalue weighted by Crippen LogP contribution is -2.04. The minimum Gasteiger partial charge on any atom is -0.399 e. The minimum atomic E-state index is 0.103. The molecule has 0 aromatic heterocycles. The third-order valence-corrected chi connectivity index (χ3v) is 3.00. The van der Waals surface area contributed by atoms with Crippen LogP contribution in [0, 0.1) is 0 Å². The highest BCUT2D eigenvalue weighted by atomic mass is 16.1. The first-order chi connectivity index (χ1) is 8.69. The van der Waals surface area contributed by atoms with Crippen molar-refractivity contribution in [2.75, 3.05) is 5.73 Å². The van der Waals surface area contributed by atoms with Crippen LogP contribution >= 0.6 is 0 Å². The van der Waals surface area contributed by atoms with Crippen molar-refractivity contribution >= 4 is 11.5 Å². The van der Waals surface area contributed by atoms with Crippen LogP contribution in [0.2, 0.25) is 0 Å². The van der Waals surface area contributed by atoms with E-state index in [0.717, 1.165) is 12.0 Å². The predicted octanol–water partition coefficient (Wildman–Crippen LogP) is 3.26. The molecule has 0 unspecified atom stereocenters. The third kappa shape index (κ3) is 2.98. The number of benzene rings is 2. The molecule has 2 N–H and O–H groups in total. The Balaban J connectivity index is 2.11. The van der Waals surface area contributed by atoms with E-state index in [-0.39, 0.29) is 5.78 Å². The van der Waals surface area contributed by atoms with Gasteiger partial charge >= 0.3 is 0 Å². The lowest BCUT2D eigenvalue weighted by molar-refractivity contribution is 0.0993. The number of ketones is 1. The molecular weight excluding hydrogens is 222 g/mol. The summed E-state index contributed by atoms with van der Waals surface area (Å²) in [6, 6.07) is 15.3. The summed E-state index contributed by atoms with van der Waals surface area (Å²) in [7, 11) is 0. The van der Waals surface area contributed by atoms with E-state index in [1.165, 1.54) is 5.56 Å². The normalized spacial score (nSPS) is 10.3. The molecule has 0 aliphatic heterocycles. The summed E-state index contributed by atoms with van der Waals surface area (Å²) >= 11 is 0. The second-order valence-electron chi connectivity index (χ2n) is 4.40. The molecule has 0 atom stereocenters. The van der Waals surface area contributed by atoms with Crippen molar-refractivity contribution in [2.24, 2.45) is 0 Å². The summed E-state index contributed by atoms with van der Waals surface area (Å²) in [5.74, 6) is 0.103. The number of nitrogen functional groups attached to an aromatic ring is 1. The van der Waals surface area contributed by atoms with Gasteiger partial charge in [0.2, 0.25) is 0 Å². The van der Waals surface area contributed by atoms with E-state index in [1.807, 2.05) is 18.2 Å². The van der Waals surface area contributed by atoms with Crippen molar-refractivity contribution < 1.29 is 4.79 Å². The van der Waals surface area contributed by atoms with Crippen LogP contribution in [0.25, 0.3) is 0 Å². The van der Waals surface area contributed by atoms with Crippen LogP contribution in [0.4, 0.5) is 5.69 Å². The molecule has 0 radical (unpaired) electrons. The third-order valence-electron chi connectivity index (χ3n) is 3.00. The molecule has 2 heteroatoms. The number of anilines is 1. The highest BCUT2D eigenvalue weighted by Gasteiger charge is 2.07. The van der Waals surface area contributed by atoms with Crippen molar-refractivity contribution in [2.45, 2.75) is 19.8 Å². The topological polar surface area (TPSA) is 43.1 Å². The Morgan fingerprint density at radius 1 is 1.06 bits per heavy atom. The van der Waals surface area contributed by atoms with Gasteiger partial charge in [-0.05, 0) is 29.7 Å². The quantitative estimate of drug-likeness (QED) is 0.657. The molecule has 2 aromatic carbocycles. The summed E-state index contributed by atoms with van der Waals surface area (Å²) in [5.41, 5.74) is 9.31. The maximum absolute atomic E-state index is 12.1. The molecule has 0 saturated carbocycles. The first kappa shape index (κ1) is 12.4. The van der Waals surface area contributed by atoms with Crippen molar-refractivity contribution in [1.82, 2.24) is 0 Å². The highest BCUT2D eigenvalue weighted by molar-refractivity contribution is 5.98. The van der Waals surface area contributed by atoms with Gasteiger partial charge in [0, 0.05) is 17.7 Å². The smallest absolute Gasteiger partial charge is 0.167 e. The lowest BCUT2D eigenvalue weighted by Gasteiger charge is -2.03. The molecule has 0 fully saturated rings. The van der Waals surface area contributed by atoms with Crippen molar-refractivity contribution in [3.05, 3.63) is 65.2 Å². The average molecular weight is 239 g/mol.